The summed E-state index contributed by atoms with van der Waals surface area (Å²) in [6.07, 6.45) is 6.61. The number of carbonyl (C=O) groups excluding carboxylic acids is 2. The molecular weight excluding hydrogens is 338 g/mol. The lowest BCUT2D eigenvalue weighted by atomic mass is 10.2. The Morgan fingerprint density at radius 2 is 2.00 bits per heavy atom. The van der Waals surface area contributed by atoms with Crippen molar-refractivity contribution >= 4 is 29.0 Å². The van der Waals surface area contributed by atoms with Crippen LogP contribution in [0, 0.1) is 6.92 Å². The fourth-order valence-corrected chi connectivity index (χ4v) is 3.03. The second-order valence-corrected chi connectivity index (χ2v) is 6.38. The summed E-state index contributed by atoms with van der Waals surface area (Å²) in [6, 6.07) is 11.2. The third-order valence-corrected chi connectivity index (χ3v) is 4.46. The molecule has 0 N–H and O–H groups in total. The van der Waals surface area contributed by atoms with Crippen molar-refractivity contribution < 1.29 is 18.7 Å². The standard InChI is InChI=1S/C19H17NO4S/c1-14-7-9-16(10-8-14)24-13-11-20-18(21)17(25-19(20)22)6-2-4-15-5-3-12-23-15/h2-10,12H,11,13H2,1H3/b4-2+,17-6-. The molecule has 128 valence electrons. The normalized spacial score (nSPS) is 16.4. The van der Waals surface area contributed by atoms with Gasteiger partial charge in [-0.3, -0.25) is 14.5 Å². The van der Waals surface area contributed by atoms with Crippen LogP contribution in [0.4, 0.5) is 4.79 Å². The molecule has 3 rings (SSSR count). The first-order valence-corrected chi connectivity index (χ1v) is 8.60. The molecule has 1 aliphatic rings. The maximum Gasteiger partial charge on any atom is 0.293 e. The maximum absolute atomic E-state index is 12.3. The predicted octanol–water partition coefficient (Wildman–Crippen LogP) is 4.26. The zero-order valence-electron chi connectivity index (χ0n) is 13.7. The molecule has 1 fully saturated rings. The van der Waals surface area contributed by atoms with Crippen molar-refractivity contribution in [3.63, 3.8) is 0 Å². The minimum Gasteiger partial charge on any atom is -0.492 e. The highest BCUT2D eigenvalue weighted by molar-refractivity contribution is 8.18. The Kier molecular flexibility index (Phi) is 5.40. The zero-order chi connectivity index (χ0) is 17.6. The molecule has 6 heteroatoms. The lowest BCUT2D eigenvalue weighted by Crippen LogP contribution is -2.32. The molecule has 0 atom stereocenters. The quantitative estimate of drug-likeness (QED) is 0.725. The van der Waals surface area contributed by atoms with Crippen molar-refractivity contribution in [1.82, 2.24) is 4.90 Å². The van der Waals surface area contributed by atoms with E-state index < -0.39 is 0 Å². The average Bonchev–Trinajstić information content (AvgIpc) is 3.20. The van der Waals surface area contributed by atoms with E-state index in [1.165, 1.54) is 4.90 Å². The van der Waals surface area contributed by atoms with Gasteiger partial charge in [0.1, 0.15) is 18.1 Å². The Hall–Kier alpha value is -2.73. The van der Waals surface area contributed by atoms with Crippen LogP contribution in [0.1, 0.15) is 11.3 Å². The lowest BCUT2D eigenvalue weighted by molar-refractivity contribution is -0.123. The summed E-state index contributed by atoms with van der Waals surface area (Å²) in [7, 11) is 0. The third-order valence-electron chi connectivity index (χ3n) is 3.53. The van der Waals surface area contributed by atoms with Gasteiger partial charge < -0.3 is 9.15 Å². The lowest BCUT2D eigenvalue weighted by Gasteiger charge is -2.13. The summed E-state index contributed by atoms with van der Waals surface area (Å²) in [5.41, 5.74) is 1.14. The Balaban J connectivity index is 1.54. The van der Waals surface area contributed by atoms with E-state index in [1.54, 1.807) is 36.6 Å². The molecule has 1 aromatic heterocycles. The molecule has 0 saturated carbocycles. The van der Waals surface area contributed by atoms with E-state index in [-0.39, 0.29) is 24.3 Å². The second kappa shape index (κ2) is 7.90. The monoisotopic (exact) mass is 355 g/mol. The second-order valence-electron chi connectivity index (χ2n) is 5.39. The SMILES string of the molecule is Cc1ccc(OCCN2C(=O)S/C(=C\C=C\c3ccco3)C2=O)cc1. The Labute approximate surface area is 150 Å². The average molecular weight is 355 g/mol. The number of nitrogens with zero attached hydrogens (tertiary/aromatic N) is 1. The highest BCUT2D eigenvalue weighted by atomic mass is 32.2. The zero-order valence-corrected chi connectivity index (χ0v) is 14.5. The molecule has 1 aromatic carbocycles. The number of carbonyl (C=O) groups is 2. The van der Waals surface area contributed by atoms with Crippen LogP contribution >= 0.6 is 11.8 Å². The smallest absolute Gasteiger partial charge is 0.293 e. The van der Waals surface area contributed by atoms with Crippen LogP contribution in [0.25, 0.3) is 6.08 Å². The third kappa shape index (κ3) is 4.42. The van der Waals surface area contributed by atoms with Gasteiger partial charge >= 0.3 is 0 Å². The number of thioether (sulfide) groups is 1. The van der Waals surface area contributed by atoms with E-state index in [0.29, 0.717) is 10.7 Å². The largest absolute Gasteiger partial charge is 0.492 e. The number of aryl methyl sites for hydroxylation is 1. The molecule has 0 unspecified atom stereocenters. The molecule has 0 aliphatic carbocycles. The van der Waals surface area contributed by atoms with Crippen molar-refractivity contribution in [2.24, 2.45) is 0 Å². The van der Waals surface area contributed by atoms with Crippen LogP contribution in [-0.4, -0.2) is 29.2 Å². The van der Waals surface area contributed by atoms with Gasteiger partial charge in [-0.05, 0) is 55.1 Å². The topological polar surface area (TPSA) is 59.8 Å². The highest BCUT2D eigenvalue weighted by Gasteiger charge is 2.34. The van der Waals surface area contributed by atoms with Crippen molar-refractivity contribution in [3.8, 4) is 5.75 Å². The van der Waals surface area contributed by atoms with Crippen molar-refractivity contribution in [3.05, 3.63) is 71.0 Å². The number of benzene rings is 1. The number of ether oxygens (including phenoxy) is 1. The maximum atomic E-state index is 12.3. The molecule has 0 bridgehead atoms. The minimum atomic E-state index is -0.299. The molecule has 0 radical (unpaired) electrons. The van der Waals surface area contributed by atoms with E-state index in [0.717, 1.165) is 23.1 Å². The van der Waals surface area contributed by atoms with Gasteiger partial charge in [-0.1, -0.05) is 23.8 Å². The van der Waals surface area contributed by atoms with E-state index >= 15 is 0 Å². The van der Waals surface area contributed by atoms with E-state index in [9.17, 15) is 9.59 Å². The van der Waals surface area contributed by atoms with Crippen molar-refractivity contribution in [1.29, 1.82) is 0 Å². The van der Waals surface area contributed by atoms with Crippen molar-refractivity contribution in [2.75, 3.05) is 13.2 Å². The van der Waals surface area contributed by atoms with Crippen LogP contribution in [-0.2, 0) is 4.79 Å². The van der Waals surface area contributed by atoms with Crippen molar-refractivity contribution in [2.45, 2.75) is 6.92 Å². The number of rotatable bonds is 6. The first-order valence-electron chi connectivity index (χ1n) is 7.78. The molecule has 2 amide bonds. The fourth-order valence-electron chi connectivity index (χ4n) is 2.21. The Morgan fingerprint density at radius 3 is 2.72 bits per heavy atom. The van der Waals surface area contributed by atoms with Crippen LogP contribution in [0.2, 0.25) is 0 Å². The Bertz CT molecular complexity index is 806. The predicted molar refractivity (Wildman–Crippen MR) is 97.2 cm³/mol. The number of amides is 2. The molecular formula is C19H17NO4S. The van der Waals surface area contributed by atoms with Gasteiger partial charge in [0.25, 0.3) is 11.1 Å². The number of imide groups is 1. The van der Waals surface area contributed by atoms with Gasteiger partial charge in [0.2, 0.25) is 0 Å². The fraction of sp³-hybridized carbons (Fsp3) is 0.158. The van der Waals surface area contributed by atoms with Gasteiger partial charge in [0.05, 0.1) is 17.7 Å². The van der Waals surface area contributed by atoms with E-state index in [4.69, 9.17) is 9.15 Å². The van der Waals surface area contributed by atoms with Crippen LogP contribution in [0.15, 0.2) is 64.1 Å². The molecule has 2 heterocycles. The van der Waals surface area contributed by atoms with Crippen LogP contribution in [0.5, 0.6) is 5.75 Å². The van der Waals surface area contributed by atoms with Gasteiger partial charge in [-0.25, -0.2) is 0 Å². The summed E-state index contributed by atoms with van der Waals surface area (Å²) in [5.74, 6) is 1.10. The van der Waals surface area contributed by atoms with Crippen LogP contribution in [0.3, 0.4) is 0 Å². The number of hydrogen-bond donors (Lipinski definition) is 0. The molecule has 25 heavy (non-hydrogen) atoms. The molecule has 5 nitrogen and oxygen atoms in total. The number of allylic oxidation sites excluding steroid dienone is 2. The summed E-state index contributed by atoms with van der Waals surface area (Å²) in [6.45, 7) is 2.48. The van der Waals surface area contributed by atoms with Gasteiger partial charge in [0, 0.05) is 0 Å². The highest BCUT2D eigenvalue weighted by Crippen LogP contribution is 2.30. The van der Waals surface area contributed by atoms with Gasteiger partial charge in [-0.2, -0.15) is 0 Å². The minimum absolute atomic E-state index is 0.220. The van der Waals surface area contributed by atoms with E-state index in [1.807, 2.05) is 31.2 Å². The van der Waals surface area contributed by atoms with Gasteiger partial charge in [0.15, 0.2) is 0 Å². The van der Waals surface area contributed by atoms with Crippen LogP contribution < -0.4 is 4.74 Å². The number of furan rings is 1. The van der Waals surface area contributed by atoms with E-state index in [2.05, 4.69) is 0 Å². The number of hydrogen-bond acceptors (Lipinski definition) is 5. The molecule has 1 saturated heterocycles. The first-order chi connectivity index (χ1) is 12.1. The van der Waals surface area contributed by atoms with Gasteiger partial charge in [-0.15, -0.1) is 0 Å². The molecule has 0 spiro atoms. The molecule has 1 aliphatic heterocycles. The Morgan fingerprint density at radius 1 is 1.20 bits per heavy atom. The summed E-state index contributed by atoms with van der Waals surface area (Å²) in [4.78, 5) is 25.9. The molecule has 2 aromatic rings. The summed E-state index contributed by atoms with van der Waals surface area (Å²) < 4.78 is 10.8. The summed E-state index contributed by atoms with van der Waals surface area (Å²) in [5, 5.41) is -0.282. The summed E-state index contributed by atoms with van der Waals surface area (Å²) >= 11 is 0.928. The first kappa shape index (κ1) is 17.1.